The van der Waals surface area contributed by atoms with Crippen LogP contribution in [-0.2, 0) is 14.3 Å². The van der Waals surface area contributed by atoms with Crippen LogP contribution in [0.4, 0.5) is 0 Å². The van der Waals surface area contributed by atoms with Gasteiger partial charge in [-0.1, -0.05) is 64.5 Å². The Hall–Kier alpha value is -2.22. The molecule has 32 heavy (non-hydrogen) atoms. The zero-order valence-electron chi connectivity index (χ0n) is 18.8. The lowest BCUT2D eigenvalue weighted by molar-refractivity contribution is -0.148. The topological polar surface area (TPSA) is 70.1 Å². The molecule has 6 nitrogen and oxygen atoms in total. The van der Waals surface area contributed by atoms with Gasteiger partial charge in [0.05, 0.1) is 17.5 Å². The van der Waals surface area contributed by atoms with E-state index < -0.39 is 11.4 Å². The molecule has 1 aliphatic rings. The molecule has 3 rings (SSSR count). The van der Waals surface area contributed by atoms with Crippen molar-refractivity contribution in [3.8, 4) is 0 Å². The molecular formula is C25H31BrN2O4. The standard InChI is InChI=1S/C25H31BrN2O4/c1-18(29)32-16-20-15-27(17-25(2,3)24(30)31)13-14-28(20)23(19-9-5-4-6-10-19)21-11-7-8-12-22(21)26/h4-12,20,23H,13-17H2,1-3H3,(H,30,31). The third kappa shape index (κ3) is 5.97. The molecule has 2 aromatic rings. The second-order valence-electron chi connectivity index (χ2n) is 8.95. The number of piperazine rings is 1. The van der Waals surface area contributed by atoms with E-state index in [-0.39, 0.29) is 24.7 Å². The first-order valence-corrected chi connectivity index (χ1v) is 11.6. The number of benzene rings is 2. The Bertz CT molecular complexity index is 935. The Balaban J connectivity index is 1.94. The maximum absolute atomic E-state index is 11.7. The van der Waals surface area contributed by atoms with Crippen molar-refractivity contribution in [2.24, 2.45) is 5.41 Å². The normalized spacial score (nSPS) is 18.8. The van der Waals surface area contributed by atoms with Gasteiger partial charge in [-0.3, -0.25) is 19.4 Å². The molecule has 1 aliphatic heterocycles. The van der Waals surface area contributed by atoms with Crippen LogP contribution in [-0.4, -0.2) is 65.7 Å². The fourth-order valence-electron chi connectivity index (χ4n) is 4.29. The minimum absolute atomic E-state index is 0.0260. The van der Waals surface area contributed by atoms with Gasteiger partial charge in [-0.05, 0) is 31.0 Å². The molecule has 7 heteroatoms. The number of hydrogen-bond donors (Lipinski definition) is 1. The molecule has 0 aromatic heterocycles. The highest BCUT2D eigenvalue weighted by molar-refractivity contribution is 9.10. The van der Waals surface area contributed by atoms with Crippen LogP contribution in [0.3, 0.4) is 0 Å². The van der Waals surface area contributed by atoms with Gasteiger partial charge in [-0.2, -0.15) is 0 Å². The van der Waals surface area contributed by atoms with Crippen LogP contribution in [0.15, 0.2) is 59.1 Å². The highest BCUT2D eigenvalue weighted by Gasteiger charge is 2.38. The van der Waals surface area contributed by atoms with Crippen molar-refractivity contribution < 1.29 is 19.4 Å². The van der Waals surface area contributed by atoms with E-state index in [0.717, 1.165) is 28.7 Å². The zero-order chi connectivity index (χ0) is 23.3. The highest BCUT2D eigenvalue weighted by Crippen LogP contribution is 2.36. The summed E-state index contributed by atoms with van der Waals surface area (Å²) < 4.78 is 6.48. The summed E-state index contributed by atoms with van der Waals surface area (Å²) in [6.07, 6.45) is 0. The van der Waals surface area contributed by atoms with Crippen LogP contribution in [0.2, 0.25) is 0 Å². The van der Waals surface area contributed by atoms with Crippen molar-refractivity contribution in [2.75, 3.05) is 32.8 Å². The number of halogens is 1. The zero-order valence-corrected chi connectivity index (χ0v) is 20.4. The van der Waals surface area contributed by atoms with Crippen molar-refractivity contribution in [1.82, 2.24) is 9.80 Å². The molecule has 1 fully saturated rings. The predicted octanol–water partition coefficient (Wildman–Crippen LogP) is 4.20. The SMILES string of the molecule is CC(=O)OCC1CN(CC(C)(C)C(=O)O)CCN1C(c1ccccc1)c1ccccc1Br. The van der Waals surface area contributed by atoms with Crippen LogP contribution >= 0.6 is 15.9 Å². The number of hydrogen-bond acceptors (Lipinski definition) is 5. The van der Waals surface area contributed by atoms with E-state index in [2.05, 4.69) is 43.9 Å². The van der Waals surface area contributed by atoms with Gasteiger partial charge in [0, 0.05) is 37.6 Å². The molecule has 1 N–H and O–H groups in total. The second-order valence-corrected chi connectivity index (χ2v) is 9.81. The van der Waals surface area contributed by atoms with Crippen molar-refractivity contribution >= 4 is 27.9 Å². The van der Waals surface area contributed by atoms with Crippen molar-refractivity contribution in [1.29, 1.82) is 0 Å². The molecule has 1 saturated heterocycles. The second kappa shape index (κ2) is 10.6. The van der Waals surface area contributed by atoms with Crippen molar-refractivity contribution in [3.05, 3.63) is 70.2 Å². The average Bonchev–Trinajstić information content (AvgIpc) is 2.75. The van der Waals surface area contributed by atoms with Crippen LogP contribution in [0.25, 0.3) is 0 Å². The quantitative estimate of drug-likeness (QED) is 0.545. The van der Waals surface area contributed by atoms with Gasteiger partial charge in [-0.25, -0.2) is 0 Å². The monoisotopic (exact) mass is 502 g/mol. The Morgan fingerprint density at radius 2 is 1.78 bits per heavy atom. The molecule has 0 radical (unpaired) electrons. The summed E-state index contributed by atoms with van der Waals surface area (Å²) >= 11 is 3.72. The molecule has 1 heterocycles. The number of carboxylic acid groups (broad SMARTS) is 1. The minimum Gasteiger partial charge on any atom is -0.481 e. The van der Waals surface area contributed by atoms with E-state index in [1.165, 1.54) is 6.92 Å². The number of nitrogens with zero attached hydrogens (tertiary/aromatic N) is 2. The molecule has 172 valence electrons. The molecule has 0 saturated carbocycles. The minimum atomic E-state index is -0.852. The fraction of sp³-hybridized carbons (Fsp3) is 0.440. The lowest BCUT2D eigenvalue weighted by Crippen LogP contribution is -2.58. The number of carboxylic acids is 1. The van der Waals surface area contributed by atoms with Crippen molar-refractivity contribution in [3.63, 3.8) is 0 Å². The first-order chi connectivity index (χ1) is 15.2. The largest absolute Gasteiger partial charge is 0.481 e. The van der Waals surface area contributed by atoms with Gasteiger partial charge in [0.2, 0.25) is 0 Å². The molecule has 2 aromatic carbocycles. The number of esters is 1. The number of aliphatic carboxylic acids is 1. The van der Waals surface area contributed by atoms with Crippen LogP contribution < -0.4 is 0 Å². The summed E-state index contributed by atoms with van der Waals surface area (Å²) in [5.41, 5.74) is 1.45. The Morgan fingerprint density at radius 3 is 2.41 bits per heavy atom. The molecule has 2 atom stereocenters. The van der Waals surface area contributed by atoms with Gasteiger partial charge in [0.25, 0.3) is 0 Å². The van der Waals surface area contributed by atoms with E-state index >= 15 is 0 Å². The third-order valence-corrected chi connectivity index (χ3v) is 6.66. The molecule has 0 bridgehead atoms. The maximum Gasteiger partial charge on any atom is 0.310 e. The Morgan fingerprint density at radius 1 is 1.12 bits per heavy atom. The summed E-state index contributed by atoms with van der Waals surface area (Å²) in [5.74, 6) is -1.13. The van der Waals surface area contributed by atoms with E-state index in [0.29, 0.717) is 13.1 Å². The number of ether oxygens (including phenoxy) is 1. The van der Waals surface area contributed by atoms with Crippen LogP contribution in [0, 0.1) is 5.41 Å². The third-order valence-electron chi connectivity index (χ3n) is 5.94. The van der Waals surface area contributed by atoms with Gasteiger partial charge in [0.15, 0.2) is 0 Å². The number of carbonyl (C=O) groups excluding carboxylic acids is 1. The van der Waals surface area contributed by atoms with E-state index in [1.807, 2.05) is 36.4 Å². The lowest BCUT2D eigenvalue weighted by Gasteiger charge is -2.46. The molecule has 0 aliphatic carbocycles. The molecule has 2 unspecified atom stereocenters. The predicted molar refractivity (Wildman–Crippen MR) is 127 cm³/mol. The molecular weight excluding hydrogens is 472 g/mol. The Kier molecular flexibility index (Phi) is 8.09. The fourth-order valence-corrected chi connectivity index (χ4v) is 4.79. The van der Waals surface area contributed by atoms with Crippen LogP contribution in [0.5, 0.6) is 0 Å². The first kappa shape index (κ1) is 24.4. The first-order valence-electron chi connectivity index (χ1n) is 10.8. The summed E-state index contributed by atoms with van der Waals surface area (Å²) in [5, 5.41) is 9.57. The van der Waals surface area contributed by atoms with Crippen LogP contribution in [0.1, 0.15) is 37.9 Å². The lowest BCUT2D eigenvalue weighted by atomic mass is 9.91. The van der Waals surface area contributed by atoms with Gasteiger partial charge < -0.3 is 9.84 Å². The molecule has 0 amide bonds. The number of rotatable bonds is 8. The summed E-state index contributed by atoms with van der Waals surface area (Å²) in [6, 6.07) is 18.4. The Labute approximate surface area is 198 Å². The van der Waals surface area contributed by atoms with E-state index in [1.54, 1.807) is 13.8 Å². The summed E-state index contributed by atoms with van der Waals surface area (Å²) in [6.45, 7) is 7.69. The molecule has 0 spiro atoms. The average molecular weight is 503 g/mol. The highest BCUT2D eigenvalue weighted by atomic mass is 79.9. The number of carbonyl (C=O) groups is 2. The summed E-state index contributed by atoms with van der Waals surface area (Å²) in [7, 11) is 0. The van der Waals surface area contributed by atoms with Crippen molar-refractivity contribution in [2.45, 2.75) is 32.9 Å². The maximum atomic E-state index is 11.7. The van der Waals surface area contributed by atoms with Gasteiger partial charge >= 0.3 is 11.9 Å². The van der Waals surface area contributed by atoms with E-state index in [4.69, 9.17) is 4.74 Å². The van der Waals surface area contributed by atoms with E-state index in [9.17, 15) is 14.7 Å². The van der Waals surface area contributed by atoms with Gasteiger partial charge in [0.1, 0.15) is 6.61 Å². The smallest absolute Gasteiger partial charge is 0.310 e. The van der Waals surface area contributed by atoms with Gasteiger partial charge in [-0.15, -0.1) is 0 Å². The summed E-state index contributed by atoms with van der Waals surface area (Å²) in [4.78, 5) is 27.8.